The van der Waals surface area contributed by atoms with Crippen molar-refractivity contribution in [1.82, 2.24) is 0 Å². The van der Waals surface area contributed by atoms with Gasteiger partial charge in [0.15, 0.2) is 6.10 Å². The fourth-order valence-electron chi connectivity index (χ4n) is 1.93. The van der Waals surface area contributed by atoms with Crippen molar-refractivity contribution in [3.05, 3.63) is 69.5 Å². The molecule has 2 aromatic carbocycles. The Bertz CT molecular complexity index is 713. The van der Waals surface area contributed by atoms with Crippen LogP contribution in [0.15, 0.2) is 42.5 Å². The number of nitro groups is 1. The van der Waals surface area contributed by atoms with E-state index in [9.17, 15) is 19.3 Å². The minimum Gasteiger partial charge on any atom is -0.475 e. The van der Waals surface area contributed by atoms with Crippen LogP contribution in [0.25, 0.3) is 0 Å². The second kappa shape index (κ2) is 6.34. The molecule has 0 aromatic heterocycles. The standard InChI is InChI=1S/C16H14FNO4/c1-10-3-5-12(6-4-10)16(19)11(2)22-15-9-13(17)7-8-14(15)18(20)21/h3-9,11H,1-2H3. The van der Waals surface area contributed by atoms with Gasteiger partial charge in [0.05, 0.1) is 4.92 Å². The molecule has 0 spiro atoms. The molecule has 5 nitrogen and oxygen atoms in total. The number of carbonyl (C=O) groups is 1. The zero-order chi connectivity index (χ0) is 16.3. The number of ether oxygens (including phenoxy) is 1. The van der Waals surface area contributed by atoms with Crippen LogP contribution in [0, 0.1) is 22.9 Å². The molecule has 0 radical (unpaired) electrons. The van der Waals surface area contributed by atoms with Crippen LogP contribution in [-0.2, 0) is 0 Å². The molecule has 0 saturated heterocycles. The molecular weight excluding hydrogens is 289 g/mol. The van der Waals surface area contributed by atoms with Gasteiger partial charge in [-0.15, -0.1) is 0 Å². The van der Waals surface area contributed by atoms with E-state index in [0.717, 1.165) is 23.8 Å². The van der Waals surface area contributed by atoms with Gasteiger partial charge in [-0.25, -0.2) is 4.39 Å². The third-order valence-corrected chi connectivity index (χ3v) is 3.13. The number of nitro benzene ring substituents is 1. The minimum atomic E-state index is -0.969. The first-order valence-corrected chi connectivity index (χ1v) is 6.60. The lowest BCUT2D eigenvalue weighted by molar-refractivity contribution is -0.386. The summed E-state index contributed by atoms with van der Waals surface area (Å²) in [6.45, 7) is 3.36. The van der Waals surface area contributed by atoms with Gasteiger partial charge in [0.25, 0.3) is 0 Å². The maximum absolute atomic E-state index is 13.2. The van der Waals surface area contributed by atoms with Gasteiger partial charge >= 0.3 is 5.69 Å². The van der Waals surface area contributed by atoms with Crippen LogP contribution < -0.4 is 4.74 Å². The van der Waals surface area contributed by atoms with E-state index in [0.29, 0.717) is 5.56 Å². The van der Waals surface area contributed by atoms with Crippen molar-refractivity contribution in [1.29, 1.82) is 0 Å². The number of ketones is 1. The summed E-state index contributed by atoms with van der Waals surface area (Å²) in [5, 5.41) is 10.9. The van der Waals surface area contributed by atoms with E-state index in [2.05, 4.69) is 0 Å². The summed E-state index contributed by atoms with van der Waals surface area (Å²) < 4.78 is 18.5. The molecule has 0 N–H and O–H groups in total. The van der Waals surface area contributed by atoms with Crippen LogP contribution in [0.1, 0.15) is 22.8 Å². The highest BCUT2D eigenvalue weighted by atomic mass is 19.1. The van der Waals surface area contributed by atoms with Gasteiger partial charge in [-0.2, -0.15) is 0 Å². The van der Waals surface area contributed by atoms with Crippen LogP contribution in [0.4, 0.5) is 10.1 Å². The Morgan fingerprint density at radius 3 is 2.45 bits per heavy atom. The fourth-order valence-corrected chi connectivity index (χ4v) is 1.93. The summed E-state index contributed by atoms with van der Waals surface area (Å²) >= 11 is 0. The third-order valence-electron chi connectivity index (χ3n) is 3.13. The molecule has 0 fully saturated rings. The molecule has 0 aliphatic carbocycles. The van der Waals surface area contributed by atoms with Gasteiger partial charge in [-0.05, 0) is 19.9 Å². The number of Topliss-reactive ketones (excluding diaryl/α,β-unsaturated/α-hetero) is 1. The number of hydrogen-bond acceptors (Lipinski definition) is 4. The average molecular weight is 303 g/mol. The van der Waals surface area contributed by atoms with E-state index >= 15 is 0 Å². The zero-order valence-electron chi connectivity index (χ0n) is 12.1. The van der Waals surface area contributed by atoms with E-state index in [1.807, 2.05) is 6.92 Å². The van der Waals surface area contributed by atoms with Gasteiger partial charge in [0, 0.05) is 17.7 Å². The highest BCUT2D eigenvalue weighted by Gasteiger charge is 2.22. The summed E-state index contributed by atoms with van der Waals surface area (Å²) in [4.78, 5) is 22.5. The highest BCUT2D eigenvalue weighted by Crippen LogP contribution is 2.28. The molecule has 1 unspecified atom stereocenters. The predicted octanol–water partition coefficient (Wildman–Crippen LogP) is 3.69. The van der Waals surface area contributed by atoms with Crippen molar-refractivity contribution in [2.45, 2.75) is 20.0 Å². The van der Waals surface area contributed by atoms with Crippen LogP contribution >= 0.6 is 0 Å². The molecular formula is C16H14FNO4. The monoisotopic (exact) mass is 303 g/mol. The molecule has 2 rings (SSSR count). The largest absolute Gasteiger partial charge is 0.475 e. The second-order valence-electron chi connectivity index (χ2n) is 4.86. The lowest BCUT2D eigenvalue weighted by Crippen LogP contribution is -2.24. The first-order valence-electron chi connectivity index (χ1n) is 6.60. The molecule has 2 aromatic rings. The first-order chi connectivity index (χ1) is 10.4. The lowest BCUT2D eigenvalue weighted by atomic mass is 10.1. The van der Waals surface area contributed by atoms with Crippen LogP contribution in [0.2, 0.25) is 0 Å². The van der Waals surface area contributed by atoms with E-state index in [1.54, 1.807) is 24.3 Å². The molecule has 1 atom stereocenters. The van der Waals surface area contributed by atoms with Gasteiger partial charge in [-0.1, -0.05) is 29.8 Å². The minimum absolute atomic E-state index is 0.266. The number of carbonyl (C=O) groups excluding carboxylic acids is 1. The van der Waals surface area contributed by atoms with Crippen molar-refractivity contribution in [2.24, 2.45) is 0 Å². The molecule has 0 heterocycles. The number of halogens is 1. The smallest absolute Gasteiger partial charge is 0.311 e. The van der Waals surface area contributed by atoms with Gasteiger partial charge in [-0.3, -0.25) is 14.9 Å². The Balaban J connectivity index is 2.23. The number of aryl methyl sites for hydroxylation is 1. The third kappa shape index (κ3) is 3.46. The van der Waals surface area contributed by atoms with Crippen molar-refractivity contribution >= 4 is 11.5 Å². The number of hydrogen-bond donors (Lipinski definition) is 0. The maximum Gasteiger partial charge on any atom is 0.311 e. The molecule has 0 aliphatic heterocycles. The van der Waals surface area contributed by atoms with E-state index in [1.165, 1.54) is 6.92 Å². The van der Waals surface area contributed by atoms with E-state index in [4.69, 9.17) is 4.74 Å². The van der Waals surface area contributed by atoms with Gasteiger partial charge < -0.3 is 4.74 Å². The molecule has 0 amide bonds. The van der Waals surface area contributed by atoms with E-state index < -0.39 is 16.8 Å². The van der Waals surface area contributed by atoms with Gasteiger partial charge in [0.2, 0.25) is 11.5 Å². The van der Waals surface area contributed by atoms with Crippen molar-refractivity contribution < 1.29 is 18.8 Å². The Kier molecular flexibility index (Phi) is 4.50. The Morgan fingerprint density at radius 2 is 1.86 bits per heavy atom. The fraction of sp³-hybridized carbons (Fsp3) is 0.188. The Hall–Kier alpha value is -2.76. The summed E-state index contributed by atoms with van der Waals surface area (Å²) in [6, 6.07) is 9.74. The zero-order valence-corrected chi connectivity index (χ0v) is 12.1. The first kappa shape index (κ1) is 15.6. The van der Waals surface area contributed by atoms with E-state index in [-0.39, 0.29) is 17.2 Å². The summed E-state index contributed by atoms with van der Waals surface area (Å²) in [5.74, 6) is -1.27. The average Bonchev–Trinajstić information content (AvgIpc) is 2.47. The Labute approximate surface area is 126 Å². The van der Waals surface area contributed by atoms with Crippen LogP contribution in [0.5, 0.6) is 5.75 Å². The van der Waals surface area contributed by atoms with Crippen LogP contribution in [0.3, 0.4) is 0 Å². The summed E-state index contributed by atoms with van der Waals surface area (Å²) in [7, 11) is 0. The molecule has 114 valence electrons. The van der Waals surface area contributed by atoms with Crippen LogP contribution in [-0.4, -0.2) is 16.8 Å². The molecule has 0 saturated carbocycles. The van der Waals surface area contributed by atoms with Crippen molar-refractivity contribution in [3.8, 4) is 5.75 Å². The summed E-state index contributed by atoms with van der Waals surface area (Å²) in [6.07, 6.45) is -0.969. The SMILES string of the molecule is Cc1ccc(C(=O)C(C)Oc2cc(F)ccc2[N+](=O)[O-])cc1. The molecule has 6 heteroatoms. The topological polar surface area (TPSA) is 69.4 Å². The quantitative estimate of drug-likeness (QED) is 0.480. The lowest BCUT2D eigenvalue weighted by Gasteiger charge is -2.14. The number of rotatable bonds is 5. The Morgan fingerprint density at radius 1 is 1.23 bits per heavy atom. The normalized spacial score (nSPS) is 11.8. The maximum atomic E-state index is 13.2. The molecule has 0 bridgehead atoms. The van der Waals surface area contributed by atoms with Crippen molar-refractivity contribution in [2.75, 3.05) is 0 Å². The van der Waals surface area contributed by atoms with Crippen molar-refractivity contribution in [3.63, 3.8) is 0 Å². The summed E-state index contributed by atoms with van der Waals surface area (Å²) in [5.41, 5.74) is 1.05. The molecule has 0 aliphatic rings. The molecule has 22 heavy (non-hydrogen) atoms. The second-order valence-corrected chi connectivity index (χ2v) is 4.86. The predicted molar refractivity (Wildman–Crippen MR) is 78.7 cm³/mol. The van der Waals surface area contributed by atoms with Gasteiger partial charge in [0.1, 0.15) is 5.82 Å². The number of nitrogens with zero attached hydrogens (tertiary/aromatic N) is 1. The number of benzene rings is 2. The highest BCUT2D eigenvalue weighted by molar-refractivity contribution is 5.99.